The van der Waals surface area contributed by atoms with Crippen LogP contribution in [0.2, 0.25) is 5.02 Å². The van der Waals surface area contributed by atoms with Crippen LogP contribution in [0.3, 0.4) is 0 Å². The van der Waals surface area contributed by atoms with Crippen LogP contribution in [0.1, 0.15) is 31.7 Å². The molecular formula is C15H18ClNO. The molecule has 3 heteroatoms. The Bertz CT molecular complexity index is 493. The second-order valence-corrected chi connectivity index (χ2v) is 5.37. The van der Waals surface area contributed by atoms with Crippen molar-refractivity contribution in [2.45, 2.75) is 33.1 Å². The summed E-state index contributed by atoms with van der Waals surface area (Å²) in [5, 5.41) is 3.91. The number of hydrogen-bond acceptors (Lipinski definition) is 2. The number of carbonyl (C=O) groups excluding carboxylic acids is 1. The summed E-state index contributed by atoms with van der Waals surface area (Å²) in [7, 11) is 0. The molecule has 0 saturated heterocycles. The van der Waals surface area contributed by atoms with E-state index in [9.17, 15) is 4.79 Å². The molecule has 0 aliphatic heterocycles. The topological polar surface area (TPSA) is 29.1 Å². The first-order valence-corrected chi connectivity index (χ1v) is 6.71. The van der Waals surface area contributed by atoms with Gasteiger partial charge in [-0.1, -0.05) is 24.6 Å². The smallest absolute Gasteiger partial charge is 0.163 e. The fourth-order valence-corrected chi connectivity index (χ4v) is 2.40. The molecule has 0 heterocycles. The molecule has 18 heavy (non-hydrogen) atoms. The molecule has 2 rings (SSSR count). The molecule has 1 atom stereocenters. The highest BCUT2D eigenvalue weighted by Crippen LogP contribution is 2.26. The largest absolute Gasteiger partial charge is 0.361 e. The molecule has 0 bridgehead atoms. The number of allylic oxidation sites excluding steroid dienone is 1. The second kappa shape index (κ2) is 5.57. The standard InChI is InChI=1S/C15H18ClNO/c1-10-6-7-13(16)8-14(10)17-9-12-5-3-4-11(2)15(12)18/h6-9,11,17H,3-5H2,1-2H3/b12-9-/t11-/m0/s1. The summed E-state index contributed by atoms with van der Waals surface area (Å²) >= 11 is 5.96. The molecule has 1 fully saturated rings. The van der Waals surface area contributed by atoms with Gasteiger partial charge in [0.15, 0.2) is 5.78 Å². The molecule has 2 nitrogen and oxygen atoms in total. The lowest BCUT2D eigenvalue weighted by Gasteiger charge is -2.19. The molecule has 1 saturated carbocycles. The monoisotopic (exact) mass is 263 g/mol. The van der Waals surface area contributed by atoms with Gasteiger partial charge < -0.3 is 5.32 Å². The van der Waals surface area contributed by atoms with Crippen LogP contribution in [-0.4, -0.2) is 5.78 Å². The van der Waals surface area contributed by atoms with E-state index in [1.807, 2.05) is 38.2 Å². The molecular weight excluding hydrogens is 246 g/mol. The fraction of sp³-hybridized carbons (Fsp3) is 0.400. The molecule has 0 spiro atoms. The van der Waals surface area contributed by atoms with E-state index in [0.29, 0.717) is 5.02 Å². The summed E-state index contributed by atoms with van der Waals surface area (Å²) in [4.78, 5) is 12.0. The Hall–Kier alpha value is -1.28. The van der Waals surface area contributed by atoms with Crippen molar-refractivity contribution in [3.8, 4) is 0 Å². The average molecular weight is 264 g/mol. The lowest BCUT2D eigenvalue weighted by Crippen LogP contribution is -2.19. The van der Waals surface area contributed by atoms with Crippen molar-refractivity contribution in [3.05, 3.63) is 40.6 Å². The fourth-order valence-electron chi connectivity index (χ4n) is 2.23. The van der Waals surface area contributed by atoms with Gasteiger partial charge in [0, 0.05) is 28.4 Å². The van der Waals surface area contributed by atoms with E-state index in [-0.39, 0.29) is 11.7 Å². The van der Waals surface area contributed by atoms with Crippen molar-refractivity contribution in [1.29, 1.82) is 0 Å². The molecule has 0 aromatic heterocycles. The Kier molecular flexibility index (Phi) is 4.07. The molecule has 1 N–H and O–H groups in total. The van der Waals surface area contributed by atoms with Crippen LogP contribution in [0.25, 0.3) is 0 Å². The van der Waals surface area contributed by atoms with Gasteiger partial charge in [-0.3, -0.25) is 4.79 Å². The molecule has 1 aliphatic carbocycles. The van der Waals surface area contributed by atoms with Crippen LogP contribution >= 0.6 is 11.6 Å². The van der Waals surface area contributed by atoms with Crippen molar-refractivity contribution < 1.29 is 4.79 Å². The molecule has 0 amide bonds. The zero-order valence-corrected chi connectivity index (χ0v) is 11.6. The average Bonchev–Trinajstić information content (AvgIpc) is 2.35. The number of hydrogen-bond donors (Lipinski definition) is 1. The minimum absolute atomic E-state index is 0.159. The van der Waals surface area contributed by atoms with E-state index < -0.39 is 0 Å². The van der Waals surface area contributed by atoms with Crippen molar-refractivity contribution in [2.24, 2.45) is 5.92 Å². The van der Waals surface area contributed by atoms with Gasteiger partial charge in [-0.15, -0.1) is 0 Å². The highest BCUT2D eigenvalue weighted by molar-refractivity contribution is 6.30. The van der Waals surface area contributed by atoms with Crippen molar-refractivity contribution in [1.82, 2.24) is 0 Å². The zero-order chi connectivity index (χ0) is 13.1. The number of rotatable bonds is 2. The third-order valence-corrected chi connectivity index (χ3v) is 3.68. The minimum Gasteiger partial charge on any atom is -0.361 e. The lowest BCUT2D eigenvalue weighted by atomic mass is 9.86. The Morgan fingerprint density at radius 2 is 2.22 bits per heavy atom. The van der Waals surface area contributed by atoms with Crippen LogP contribution in [0, 0.1) is 12.8 Å². The molecule has 96 valence electrons. The Morgan fingerprint density at radius 1 is 1.44 bits per heavy atom. The third-order valence-electron chi connectivity index (χ3n) is 3.45. The van der Waals surface area contributed by atoms with E-state index in [4.69, 9.17) is 11.6 Å². The van der Waals surface area contributed by atoms with E-state index in [1.54, 1.807) is 0 Å². The van der Waals surface area contributed by atoms with Crippen molar-refractivity contribution in [2.75, 3.05) is 5.32 Å². The van der Waals surface area contributed by atoms with Gasteiger partial charge in [-0.25, -0.2) is 0 Å². The van der Waals surface area contributed by atoms with Gasteiger partial charge in [0.1, 0.15) is 0 Å². The van der Waals surface area contributed by atoms with E-state index in [1.165, 1.54) is 0 Å². The number of halogens is 1. The second-order valence-electron chi connectivity index (χ2n) is 4.93. The van der Waals surface area contributed by atoms with Crippen LogP contribution < -0.4 is 5.32 Å². The summed E-state index contributed by atoms with van der Waals surface area (Å²) in [6.45, 7) is 4.02. The Labute approximate surface area is 113 Å². The summed E-state index contributed by atoms with van der Waals surface area (Å²) in [5.74, 6) is 0.431. The van der Waals surface area contributed by atoms with Crippen LogP contribution in [-0.2, 0) is 4.79 Å². The lowest BCUT2D eigenvalue weighted by molar-refractivity contribution is -0.119. The van der Waals surface area contributed by atoms with Gasteiger partial charge in [0.2, 0.25) is 0 Å². The maximum absolute atomic E-state index is 12.0. The maximum atomic E-state index is 12.0. The molecule has 1 aromatic rings. The minimum atomic E-state index is 0.159. The van der Waals surface area contributed by atoms with Crippen molar-refractivity contribution in [3.63, 3.8) is 0 Å². The van der Waals surface area contributed by atoms with Gasteiger partial charge >= 0.3 is 0 Å². The summed E-state index contributed by atoms with van der Waals surface area (Å²) < 4.78 is 0. The van der Waals surface area contributed by atoms with E-state index >= 15 is 0 Å². The number of Topliss-reactive ketones (excluding diaryl/α,β-unsaturated/α-hetero) is 1. The van der Waals surface area contributed by atoms with Crippen LogP contribution in [0.4, 0.5) is 5.69 Å². The molecule has 1 aliphatic rings. The number of carbonyl (C=O) groups is 1. The predicted molar refractivity (Wildman–Crippen MR) is 75.9 cm³/mol. The maximum Gasteiger partial charge on any atom is 0.163 e. The first-order chi connectivity index (χ1) is 8.58. The van der Waals surface area contributed by atoms with Gasteiger partial charge in [-0.05, 0) is 43.9 Å². The van der Waals surface area contributed by atoms with Gasteiger partial charge in [0.05, 0.1) is 0 Å². The summed E-state index contributed by atoms with van der Waals surface area (Å²) in [5.41, 5.74) is 2.97. The van der Waals surface area contributed by atoms with Crippen molar-refractivity contribution >= 4 is 23.1 Å². The molecule has 0 radical (unpaired) electrons. The first kappa shape index (κ1) is 13.2. The highest BCUT2D eigenvalue weighted by atomic mass is 35.5. The highest BCUT2D eigenvalue weighted by Gasteiger charge is 2.22. The normalized spacial score (nSPS) is 22.3. The Balaban J connectivity index is 2.14. The quantitative estimate of drug-likeness (QED) is 0.805. The molecule has 0 unspecified atom stereocenters. The predicted octanol–water partition coefficient (Wildman–Crippen LogP) is 4.33. The number of ketones is 1. The first-order valence-electron chi connectivity index (χ1n) is 6.34. The number of benzene rings is 1. The zero-order valence-electron chi connectivity index (χ0n) is 10.8. The number of nitrogens with one attached hydrogen (secondary N) is 1. The summed E-state index contributed by atoms with van der Waals surface area (Å²) in [6.07, 6.45) is 4.81. The Morgan fingerprint density at radius 3 is 3.00 bits per heavy atom. The third kappa shape index (κ3) is 2.94. The number of aryl methyl sites for hydroxylation is 1. The SMILES string of the molecule is Cc1ccc(Cl)cc1N/C=C1/CCC[C@H](C)C1=O. The van der Waals surface area contributed by atoms with Crippen LogP contribution in [0.5, 0.6) is 0 Å². The summed E-state index contributed by atoms with van der Waals surface area (Å²) in [6, 6.07) is 5.71. The molecule has 1 aromatic carbocycles. The van der Waals surface area contributed by atoms with Gasteiger partial charge in [-0.2, -0.15) is 0 Å². The van der Waals surface area contributed by atoms with E-state index in [0.717, 1.165) is 36.1 Å². The van der Waals surface area contributed by atoms with E-state index in [2.05, 4.69) is 5.32 Å². The van der Waals surface area contributed by atoms with Gasteiger partial charge in [0.25, 0.3) is 0 Å². The number of anilines is 1. The van der Waals surface area contributed by atoms with Crippen LogP contribution in [0.15, 0.2) is 30.0 Å².